The third-order valence-corrected chi connectivity index (χ3v) is 2.35. The van der Waals surface area contributed by atoms with Gasteiger partial charge in [-0.2, -0.15) is 0 Å². The summed E-state index contributed by atoms with van der Waals surface area (Å²) in [6, 6.07) is 3.70. The van der Waals surface area contributed by atoms with Crippen molar-refractivity contribution in [2.75, 3.05) is 7.11 Å². The first-order valence-corrected chi connectivity index (χ1v) is 4.52. The third kappa shape index (κ3) is 1.44. The van der Waals surface area contributed by atoms with Crippen LogP contribution in [0.4, 0.5) is 0 Å². The second-order valence-electron chi connectivity index (χ2n) is 3.40. The number of aromatic amines is 1. The quantitative estimate of drug-likeness (QED) is 0.789. The van der Waals surface area contributed by atoms with Crippen molar-refractivity contribution in [2.45, 2.75) is 6.92 Å². The van der Waals surface area contributed by atoms with Crippen molar-refractivity contribution in [1.29, 1.82) is 0 Å². The summed E-state index contributed by atoms with van der Waals surface area (Å²) in [4.78, 5) is 13.8. The molecule has 0 saturated carbocycles. The zero-order valence-electron chi connectivity index (χ0n) is 8.50. The van der Waals surface area contributed by atoms with Crippen LogP contribution in [0.3, 0.4) is 0 Å². The molecule has 2 N–H and O–H groups in total. The number of methoxy groups -OCH3 is 1. The monoisotopic (exact) mass is 205 g/mol. The molecule has 0 spiro atoms. The summed E-state index contributed by atoms with van der Waals surface area (Å²) in [6.45, 7) is 1.90. The molecule has 0 saturated heterocycles. The summed E-state index contributed by atoms with van der Waals surface area (Å²) < 4.78 is 5.18. The Morgan fingerprint density at radius 3 is 2.80 bits per heavy atom. The van der Waals surface area contributed by atoms with Crippen LogP contribution in [0.25, 0.3) is 10.9 Å². The second-order valence-corrected chi connectivity index (χ2v) is 3.40. The smallest absolute Gasteiger partial charge is 0.337 e. The van der Waals surface area contributed by atoms with Gasteiger partial charge in [0.2, 0.25) is 0 Å². The summed E-state index contributed by atoms with van der Waals surface area (Å²) >= 11 is 0. The number of aromatic carboxylic acids is 1. The van der Waals surface area contributed by atoms with Crippen molar-refractivity contribution in [3.8, 4) is 5.75 Å². The number of fused-ring (bicyclic) bond motifs is 1. The van der Waals surface area contributed by atoms with Crippen LogP contribution < -0.4 is 4.74 Å². The lowest BCUT2D eigenvalue weighted by Gasteiger charge is -2.03. The number of hydrogen-bond acceptors (Lipinski definition) is 2. The average Bonchev–Trinajstić information content (AvgIpc) is 2.59. The summed E-state index contributed by atoms with van der Waals surface area (Å²) in [5.41, 5.74) is 1.97. The van der Waals surface area contributed by atoms with Crippen molar-refractivity contribution in [2.24, 2.45) is 0 Å². The number of nitrogens with one attached hydrogen (secondary N) is 1. The van der Waals surface area contributed by atoms with E-state index in [-0.39, 0.29) is 5.56 Å². The molecule has 0 amide bonds. The van der Waals surface area contributed by atoms with Gasteiger partial charge in [0.05, 0.1) is 18.2 Å². The topological polar surface area (TPSA) is 62.3 Å². The number of rotatable bonds is 2. The van der Waals surface area contributed by atoms with E-state index in [1.165, 1.54) is 6.20 Å². The lowest BCUT2D eigenvalue weighted by molar-refractivity contribution is 0.0699. The normalized spacial score (nSPS) is 10.5. The van der Waals surface area contributed by atoms with Crippen molar-refractivity contribution >= 4 is 16.9 Å². The first-order valence-electron chi connectivity index (χ1n) is 4.52. The Bertz CT molecular complexity index is 528. The van der Waals surface area contributed by atoms with E-state index >= 15 is 0 Å². The van der Waals surface area contributed by atoms with E-state index in [9.17, 15) is 4.79 Å². The highest BCUT2D eigenvalue weighted by Crippen LogP contribution is 2.28. The number of hydrogen-bond donors (Lipinski definition) is 2. The van der Waals surface area contributed by atoms with Gasteiger partial charge in [-0.3, -0.25) is 0 Å². The minimum Gasteiger partial charge on any atom is -0.495 e. The predicted molar refractivity (Wildman–Crippen MR) is 56.5 cm³/mol. The van der Waals surface area contributed by atoms with Gasteiger partial charge in [0, 0.05) is 11.6 Å². The Kier molecular flexibility index (Phi) is 2.11. The lowest BCUT2D eigenvalue weighted by Crippen LogP contribution is -1.94. The zero-order valence-corrected chi connectivity index (χ0v) is 8.50. The molecule has 1 aromatic heterocycles. The van der Waals surface area contributed by atoms with E-state index in [0.717, 1.165) is 11.1 Å². The molecule has 0 atom stereocenters. The Hall–Kier alpha value is -1.97. The predicted octanol–water partition coefficient (Wildman–Crippen LogP) is 2.18. The van der Waals surface area contributed by atoms with Crippen molar-refractivity contribution in [3.63, 3.8) is 0 Å². The van der Waals surface area contributed by atoms with Gasteiger partial charge in [-0.1, -0.05) is 0 Å². The van der Waals surface area contributed by atoms with Gasteiger partial charge in [0.25, 0.3) is 0 Å². The molecular weight excluding hydrogens is 194 g/mol. The molecule has 0 unspecified atom stereocenters. The third-order valence-electron chi connectivity index (χ3n) is 2.35. The molecule has 4 heteroatoms. The number of ether oxygens (including phenoxy) is 1. The van der Waals surface area contributed by atoms with Crippen molar-refractivity contribution < 1.29 is 14.6 Å². The Morgan fingerprint density at radius 1 is 1.47 bits per heavy atom. The SMILES string of the molecule is COc1cc(C)cc2c(C(=O)O)c[nH]c12. The van der Waals surface area contributed by atoms with E-state index in [0.29, 0.717) is 11.1 Å². The van der Waals surface area contributed by atoms with Gasteiger partial charge in [0.1, 0.15) is 5.75 Å². The van der Waals surface area contributed by atoms with Crippen LogP contribution in [0.2, 0.25) is 0 Å². The van der Waals surface area contributed by atoms with Gasteiger partial charge in [-0.25, -0.2) is 4.79 Å². The number of aromatic nitrogens is 1. The molecule has 2 aromatic rings. The molecule has 0 radical (unpaired) electrons. The van der Waals surface area contributed by atoms with Gasteiger partial charge in [-0.15, -0.1) is 0 Å². The lowest BCUT2D eigenvalue weighted by atomic mass is 10.1. The van der Waals surface area contributed by atoms with Gasteiger partial charge < -0.3 is 14.8 Å². The summed E-state index contributed by atoms with van der Waals surface area (Å²) in [7, 11) is 1.56. The second kappa shape index (κ2) is 3.31. The Labute approximate surface area is 86.5 Å². The minimum atomic E-state index is -0.936. The molecule has 0 aliphatic heterocycles. The number of carboxylic acids is 1. The molecule has 0 bridgehead atoms. The fourth-order valence-electron chi connectivity index (χ4n) is 1.67. The Balaban J connectivity index is 2.80. The molecule has 1 aromatic carbocycles. The Morgan fingerprint density at radius 2 is 2.20 bits per heavy atom. The van der Waals surface area contributed by atoms with Crippen molar-refractivity contribution in [3.05, 3.63) is 29.5 Å². The number of aryl methyl sites for hydroxylation is 1. The highest BCUT2D eigenvalue weighted by Gasteiger charge is 2.13. The van der Waals surface area contributed by atoms with E-state index in [2.05, 4.69) is 4.98 Å². The largest absolute Gasteiger partial charge is 0.495 e. The van der Waals surface area contributed by atoms with Crippen LogP contribution in [-0.2, 0) is 0 Å². The van der Waals surface area contributed by atoms with Crippen LogP contribution >= 0.6 is 0 Å². The molecule has 2 rings (SSSR count). The maximum atomic E-state index is 10.9. The van der Waals surface area contributed by atoms with E-state index < -0.39 is 5.97 Å². The average molecular weight is 205 g/mol. The molecule has 0 fully saturated rings. The van der Waals surface area contributed by atoms with Crippen molar-refractivity contribution in [1.82, 2.24) is 4.98 Å². The van der Waals surface area contributed by atoms with Gasteiger partial charge >= 0.3 is 5.97 Å². The molecule has 4 nitrogen and oxygen atoms in total. The highest BCUT2D eigenvalue weighted by atomic mass is 16.5. The fraction of sp³-hybridized carbons (Fsp3) is 0.182. The first-order chi connectivity index (χ1) is 7.13. The molecule has 0 aliphatic rings. The standard InChI is InChI=1S/C11H11NO3/c1-6-3-7-8(11(13)14)5-12-10(7)9(4-6)15-2/h3-5,12H,1-2H3,(H,13,14). The van der Waals surface area contributed by atoms with Crippen LogP contribution in [0.1, 0.15) is 15.9 Å². The fourth-order valence-corrected chi connectivity index (χ4v) is 1.67. The minimum absolute atomic E-state index is 0.270. The summed E-state index contributed by atoms with van der Waals surface area (Å²) in [6.07, 6.45) is 1.48. The summed E-state index contributed by atoms with van der Waals surface area (Å²) in [5, 5.41) is 9.65. The highest BCUT2D eigenvalue weighted by molar-refractivity contribution is 6.05. The maximum absolute atomic E-state index is 10.9. The maximum Gasteiger partial charge on any atom is 0.337 e. The van der Waals surface area contributed by atoms with Gasteiger partial charge in [0.15, 0.2) is 0 Å². The molecule has 0 aliphatic carbocycles. The van der Waals surface area contributed by atoms with Crippen LogP contribution in [0.5, 0.6) is 5.75 Å². The van der Waals surface area contributed by atoms with Gasteiger partial charge in [-0.05, 0) is 24.6 Å². The molecule has 1 heterocycles. The zero-order chi connectivity index (χ0) is 11.0. The molecular formula is C11H11NO3. The van der Waals surface area contributed by atoms with Crippen LogP contribution in [0.15, 0.2) is 18.3 Å². The number of benzene rings is 1. The first kappa shape index (κ1) is 9.58. The molecule has 15 heavy (non-hydrogen) atoms. The van der Waals surface area contributed by atoms with E-state index in [1.807, 2.05) is 19.1 Å². The number of carbonyl (C=O) groups is 1. The number of carboxylic acid groups (broad SMARTS) is 1. The van der Waals surface area contributed by atoms with E-state index in [4.69, 9.17) is 9.84 Å². The van der Waals surface area contributed by atoms with E-state index in [1.54, 1.807) is 7.11 Å². The summed E-state index contributed by atoms with van der Waals surface area (Å²) in [5.74, 6) is -0.272. The van der Waals surface area contributed by atoms with Crippen LogP contribution in [-0.4, -0.2) is 23.2 Å². The molecule has 78 valence electrons. The van der Waals surface area contributed by atoms with Crippen LogP contribution in [0, 0.1) is 6.92 Å². The number of H-pyrrole nitrogens is 1.